The maximum absolute atomic E-state index is 13.1. The average molecular weight is 526 g/mol. The molecule has 0 aliphatic heterocycles. The molecule has 190 valence electrons. The van der Waals surface area contributed by atoms with E-state index in [1.165, 1.54) is 6.92 Å². The molecule has 2 aromatic carbocycles. The van der Waals surface area contributed by atoms with Crippen molar-refractivity contribution < 1.29 is 28.5 Å². The van der Waals surface area contributed by atoms with Crippen molar-refractivity contribution >= 4 is 46.3 Å². The number of nitrogens with zero attached hydrogens (tertiary/aromatic N) is 2. The second-order valence-electron chi connectivity index (χ2n) is 6.93. The molecule has 0 aliphatic rings. The van der Waals surface area contributed by atoms with Gasteiger partial charge in [0.25, 0.3) is 5.91 Å². The molecule has 0 aliphatic carbocycles. The average Bonchev–Trinajstić information content (AvgIpc) is 2.82. The van der Waals surface area contributed by atoms with E-state index in [0.29, 0.717) is 43.7 Å². The van der Waals surface area contributed by atoms with Crippen LogP contribution in [0.2, 0.25) is 10.0 Å². The summed E-state index contributed by atoms with van der Waals surface area (Å²) < 4.78 is 22.1. The zero-order valence-electron chi connectivity index (χ0n) is 20.3. The molecule has 0 heterocycles. The molecule has 0 saturated heterocycles. The summed E-state index contributed by atoms with van der Waals surface area (Å²) in [5.41, 5.74) is 0.413. The highest BCUT2D eigenvalue weighted by Gasteiger charge is 2.26. The van der Waals surface area contributed by atoms with Crippen molar-refractivity contribution in [3.63, 3.8) is 0 Å². The minimum absolute atomic E-state index is 0.141. The first-order chi connectivity index (χ1) is 16.8. The van der Waals surface area contributed by atoms with Gasteiger partial charge in [0.05, 0.1) is 26.4 Å². The third kappa shape index (κ3) is 7.22. The first-order valence-corrected chi connectivity index (χ1v) is 11.9. The molecule has 2 rings (SSSR count). The lowest BCUT2D eigenvalue weighted by Gasteiger charge is -2.17. The topological polar surface area (TPSA) is 108 Å². The predicted octanol–water partition coefficient (Wildman–Crippen LogP) is 6.27. The van der Waals surface area contributed by atoms with E-state index in [-0.39, 0.29) is 27.2 Å². The van der Waals surface area contributed by atoms with Crippen molar-refractivity contribution in [2.75, 3.05) is 31.7 Å². The van der Waals surface area contributed by atoms with Crippen LogP contribution in [0.15, 0.2) is 34.5 Å². The first-order valence-electron chi connectivity index (χ1n) is 11.2. The van der Waals surface area contributed by atoms with Crippen LogP contribution in [0.1, 0.15) is 34.6 Å². The number of ether oxygens (including phenoxy) is 4. The highest BCUT2D eigenvalue weighted by atomic mass is 35.5. The molecule has 1 unspecified atom stereocenters. The number of amides is 1. The van der Waals surface area contributed by atoms with Crippen LogP contribution in [0.4, 0.5) is 11.4 Å². The number of rotatable bonds is 13. The van der Waals surface area contributed by atoms with Gasteiger partial charge >= 0.3 is 0 Å². The molecule has 2 aromatic rings. The lowest BCUT2D eigenvalue weighted by atomic mass is 10.2. The van der Waals surface area contributed by atoms with Crippen molar-refractivity contribution in [3.05, 3.63) is 34.3 Å². The van der Waals surface area contributed by atoms with E-state index in [1.54, 1.807) is 45.0 Å². The number of halogens is 2. The minimum Gasteiger partial charge on any atom is -0.492 e. The third-order valence-corrected chi connectivity index (χ3v) is 5.19. The van der Waals surface area contributed by atoms with Crippen LogP contribution in [0.5, 0.6) is 23.0 Å². The second kappa shape index (κ2) is 13.7. The monoisotopic (exact) mass is 525 g/mol. The Kier molecular flexibility index (Phi) is 11.1. The summed E-state index contributed by atoms with van der Waals surface area (Å²) in [4.78, 5) is 25.3. The van der Waals surface area contributed by atoms with E-state index >= 15 is 0 Å². The molecule has 0 aromatic heterocycles. The maximum atomic E-state index is 13.1. The number of nitrogens with one attached hydrogen (secondary N) is 1. The quantitative estimate of drug-likeness (QED) is 0.244. The van der Waals surface area contributed by atoms with Gasteiger partial charge in [0.2, 0.25) is 6.04 Å². The number of carbonyl (C=O) groups excluding carboxylic acids is 2. The van der Waals surface area contributed by atoms with E-state index in [2.05, 4.69) is 15.5 Å². The first kappa shape index (κ1) is 28.2. The molecule has 0 bridgehead atoms. The van der Waals surface area contributed by atoms with Gasteiger partial charge in [-0.25, -0.2) is 0 Å². The smallest absolute Gasteiger partial charge is 0.258 e. The van der Waals surface area contributed by atoms with Crippen molar-refractivity contribution in [2.24, 2.45) is 10.2 Å². The van der Waals surface area contributed by atoms with Gasteiger partial charge in [-0.05, 0) is 58.9 Å². The minimum atomic E-state index is -1.46. The molecule has 1 amide bonds. The summed E-state index contributed by atoms with van der Waals surface area (Å²) in [7, 11) is 0. The Balaban J connectivity index is 2.40. The zero-order valence-corrected chi connectivity index (χ0v) is 21.8. The molecule has 0 spiro atoms. The normalized spacial score (nSPS) is 11.7. The fourth-order valence-electron chi connectivity index (χ4n) is 2.98. The van der Waals surface area contributed by atoms with E-state index in [1.807, 2.05) is 6.92 Å². The molecule has 0 saturated carbocycles. The van der Waals surface area contributed by atoms with Crippen LogP contribution in [0.3, 0.4) is 0 Å². The summed E-state index contributed by atoms with van der Waals surface area (Å²) in [6, 6.07) is 4.99. The SMILES string of the molecule is CCOc1ccc(OCC)c(NC(=O)C(N=Nc2ccc(OCC)c(Cl)c2OCC)C(C)=O)c1Cl. The van der Waals surface area contributed by atoms with E-state index in [9.17, 15) is 9.59 Å². The molecule has 1 atom stereocenters. The number of anilines is 1. The summed E-state index contributed by atoms with van der Waals surface area (Å²) in [6.07, 6.45) is 0. The molecule has 35 heavy (non-hydrogen) atoms. The van der Waals surface area contributed by atoms with Crippen LogP contribution < -0.4 is 24.3 Å². The van der Waals surface area contributed by atoms with Gasteiger partial charge in [-0.2, -0.15) is 10.2 Å². The molecule has 0 fully saturated rings. The molecular weight excluding hydrogens is 497 g/mol. The number of hydrogen-bond donors (Lipinski definition) is 1. The van der Waals surface area contributed by atoms with Crippen molar-refractivity contribution in [3.8, 4) is 23.0 Å². The van der Waals surface area contributed by atoms with E-state index in [4.69, 9.17) is 42.1 Å². The van der Waals surface area contributed by atoms with Crippen LogP contribution in [0, 0.1) is 0 Å². The van der Waals surface area contributed by atoms with Crippen LogP contribution in [-0.4, -0.2) is 44.2 Å². The Bertz CT molecular complexity index is 1080. The van der Waals surface area contributed by atoms with Crippen molar-refractivity contribution in [1.29, 1.82) is 0 Å². The number of Topliss-reactive ketones (excluding diaryl/α,β-unsaturated/α-hetero) is 1. The number of hydrogen-bond acceptors (Lipinski definition) is 8. The van der Waals surface area contributed by atoms with Gasteiger partial charge in [0, 0.05) is 0 Å². The lowest BCUT2D eigenvalue weighted by Crippen LogP contribution is -2.32. The van der Waals surface area contributed by atoms with Crippen LogP contribution >= 0.6 is 23.2 Å². The predicted molar refractivity (Wildman–Crippen MR) is 135 cm³/mol. The maximum Gasteiger partial charge on any atom is 0.258 e. The molecule has 11 heteroatoms. The number of benzene rings is 2. The third-order valence-electron chi connectivity index (χ3n) is 4.46. The van der Waals surface area contributed by atoms with Crippen molar-refractivity contribution in [2.45, 2.75) is 40.7 Å². The van der Waals surface area contributed by atoms with Crippen molar-refractivity contribution in [1.82, 2.24) is 0 Å². The zero-order chi connectivity index (χ0) is 26.0. The number of ketones is 1. The largest absolute Gasteiger partial charge is 0.492 e. The summed E-state index contributed by atoms with van der Waals surface area (Å²) in [5, 5.41) is 11.1. The summed E-state index contributed by atoms with van der Waals surface area (Å²) in [5.74, 6) is 0.0659. The van der Waals surface area contributed by atoms with Crippen LogP contribution in [0.25, 0.3) is 0 Å². The second-order valence-corrected chi connectivity index (χ2v) is 7.68. The molecule has 1 N–H and O–H groups in total. The molecule has 9 nitrogen and oxygen atoms in total. The fraction of sp³-hybridized carbons (Fsp3) is 0.417. The van der Waals surface area contributed by atoms with Gasteiger partial charge < -0.3 is 24.3 Å². The fourth-order valence-corrected chi connectivity index (χ4v) is 3.51. The highest BCUT2D eigenvalue weighted by Crippen LogP contribution is 2.42. The highest BCUT2D eigenvalue weighted by molar-refractivity contribution is 6.36. The molecular formula is C24H29Cl2N3O6. The Morgan fingerprint density at radius 3 is 1.91 bits per heavy atom. The Labute approximate surface area is 214 Å². The summed E-state index contributed by atoms with van der Waals surface area (Å²) in [6.45, 7) is 9.87. The standard InChI is InChI=1S/C24H29Cl2N3O6/c1-6-32-16-12-13-18(34-8-3)22(19(16)25)27-24(31)21(14(5)30)29-28-15-10-11-17(33-7-2)20(26)23(15)35-9-4/h10-13,21H,6-9H2,1-5H3,(H,27,31). The van der Waals surface area contributed by atoms with Gasteiger partial charge in [0.15, 0.2) is 11.5 Å². The van der Waals surface area contributed by atoms with E-state index in [0.717, 1.165) is 0 Å². The van der Waals surface area contributed by atoms with Crippen LogP contribution in [-0.2, 0) is 9.59 Å². The van der Waals surface area contributed by atoms with Gasteiger partial charge in [-0.1, -0.05) is 23.2 Å². The summed E-state index contributed by atoms with van der Waals surface area (Å²) >= 11 is 12.8. The number of azo groups is 1. The number of carbonyl (C=O) groups is 2. The Hall–Kier alpha value is -3.04. The Morgan fingerprint density at radius 2 is 1.34 bits per heavy atom. The van der Waals surface area contributed by atoms with Gasteiger partial charge in [-0.3, -0.25) is 9.59 Å². The van der Waals surface area contributed by atoms with Gasteiger partial charge in [0.1, 0.15) is 38.7 Å². The Morgan fingerprint density at radius 1 is 0.829 bits per heavy atom. The lowest BCUT2D eigenvalue weighted by molar-refractivity contribution is -0.126. The molecule has 0 radical (unpaired) electrons. The van der Waals surface area contributed by atoms with E-state index < -0.39 is 17.7 Å². The van der Waals surface area contributed by atoms with Gasteiger partial charge in [-0.15, -0.1) is 0 Å².